The van der Waals surface area contributed by atoms with E-state index in [2.05, 4.69) is 17.2 Å². The first-order valence-electron chi connectivity index (χ1n) is 8.10. The highest BCUT2D eigenvalue weighted by Crippen LogP contribution is 2.34. The SMILES string of the molecule is C=CCNC(=O)CN1CCC(NC(C)=O)(c2ccccc2F)CC1. The molecule has 1 aliphatic heterocycles. The number of rotatable bonds is 6. The van der Waals surface area contributed by atoms with Crippen molar-refractivity contribution in [3.63, 3.8) is 0 Å². The van der Waals surface area contributed by atoms with Crippen LogP contribution in [0.5, 0.6) is 0 Å². The lowest BCUT2D eigenvalue weighted by Crippen LogP contribution is -2.54. The number of likely N-dealkylation sites (tertiary alicyclic amines) is 1. The lowest BCUT2D eigenvalue weighted by Gasteiger charge is -2.42. The molecule has 2 N–H and O–H groups in total. The Morgan fingerprint density at radius 2 is 2.00 bits per heavy atom. The second kappa shape index (κ2) is 8.06. The number of amides is 2. The van der Waals surface area contributed by atoms with Gasteiger partial charge in [-0.2, -0.15) is 0 Å². The molecular weight excluding hydrogens is 309 g/mol. The zero-order valence-electron chi connectivity index (χ0n) is 14.0. The predicted molar refractivity (Wildman–Crippen MR) is 90.8 cm³/mol. The molecule has 1 aromatic carbocycles. The van der Waals surface area contributed by atoms with Crippen molar-refractivity contribution in [2.45, 2.75) is 25.3 Å². The summed E-state index contributed by atoms with van der Waals surface area (Å²) < 4.78 is 14.3. The second-order valence-corrected chi connectivity index (χ2v) is 6.11. The first-order chi connectivity index (χ1) is 11.5. The molecule has 5 nitrogen and oxygen atoms in total. The summed E-state index contributed by atoms with van der Waals surface area (Å²) in [5, 5.41) is 5.69. The molecule has 2 amide bonds. The van der Waals surface area contributed by atoms with Crippen LogP contribution in [-0.2, 0) is 15.1 Å². The van der Waals surface area contributed by atoms with Crippen molar-refractivity contribution in [3.8, 4) is 0 Å². The third-order valence-electron chi connectivity index (χ3n) is 4.33. The van der Waals surface area contributed by atoms with Crippen LogP contribution >= 0.6 is 0 Å². The lowest BCUT2D eigenvalue weighted by molar-refractivity contribution is -0.124. The van der Waals surface area contributed by atoms with E-state index in [1.165, 1.54) is 13.0 Å². The number of nitrogens with one attached hydrogen (secondary N) is 2. The number of hydrogen-bond donors (Lipinski definition) is 2. The third kappa shape index (κ3) is 4.41. The Morgan fingerprint density at radius 1 is 1.33 bits per heavy atom. The summed E-state index contributed by atoms with van der Waals surface area (Å²) in [6.45, 7) is 6.96. The number of nitrogens with zero attached hydrogens (tertiary/aromatic N) is 1. The Kier molecular flexibility index (Phi) is 6.09. The van der Waals surface area contributed by atoms with E-state index in [9.17, 15) is 14.0 Å². The Hall–Kier alpha value is -2.21. The summed E-state index contributed by atoms with van der Waals surface area (Å²) in [6.07, 6.45) is 2.75. The van der Waals surface area contributed by atoms with Gasteiger partial charge >= 0.3 is 0 Å². The number of carbonyl (C=O) groups is 2. The normalized spacial score (nSPS) is 17.1. The molecule has 0 saturated carbocycles. The highest BCUT2D eigenvalue weighted by atomic mass is 19.1. The van der Waals surface area contributed by atoms with Gasteiger partial charge in [-0.15, -0.1) is 6.58 Å². The minimum Gasteiger partial charge on any atom is -0.352 e. The molecule has 0 aliphatic carbocycles. The molecule has 24 heavy (non-hydrogen) atoms. The van der Waals surface area contributed by atoms with E-state index in [4.69, 9.17) is 0 Å². The molecule has 0 unspecified atom stereocenters. The quantitative estimate of drug-likeness (QED) is 0.777. The highest BCUT2D eigenvalue weighted by Gasteiger charge is 2.39. The summed E-state index contributed by atoms with van der Waals surface area (Å²) in [4.78, 5) is 25.5. The summed E-state index contributed by atoms with van der Waals surface area (Å²) >= 11 is 0. The van der Waals surface area contributed by atoms with Crippen LogP contribution in [-0.4, -0.2) is 42.9 Å². The zero-order valence-corrected chi connectivity index (χ0v) is 14.0. The average molecular weight is 333 g/mol. The minimum absolute atomic E-state index is 0.0622. The van der Waals surface area contributed by atoms with E-state index < -0.39 is 5.54 Å². The molecule has 6 heteroatoms. The third-order valence-corrected chi connectivity index (χ3v) is 4.33. The molecule has 1 fully saturated rings. The highest BCUT2D eigenvalue weighted by molar-refractivity contribution is 5.78. The fourth-order valence-corrected chi connectivity index (χ4v) is 3.19. The van der Waals surface area contributed by atoms with Gasteiger partial charge in [-0.25, -0.2) is 4.39 Å². The van der Waals surface area contributed by atoms with Gasteiger partial charge in [-0.1, -0.05) is 24.3 Å². The average Bonchev–Trinajstić information content (AvgIpc) is 2.55. The molecule has 1 heterocycles. The molecular formula is C18H24FN3O2. The largest absolute Gasteiger partial charge is 0.352 e. The Morgan fingerprint density at radius 3 is 2.58 bits per heavy atom. The summed E-state index contributed by atoms with van der Waals surface area (Å²) in [7, 11) is 0. The zero-order chi connectivity index (χ0) is 17.6. The topological polar surface area (TPSA) is 61.4 Å². The van der Waals surface area contributed by atoms with Gasteiger partial charge in [0.25, 0.3) is 0 Å². The standard InChI is InChI=1S/C18H24FN3O2/c1-3-10-20-17(24)13-22-11-8-18(9-12-22,21-14(2)23)15-6-4-5-7-16(15)19/h3-7H,1,8-13H2,2H3,(H,20,24)(H,21,23). The summed E-state index contributed by atoms with van der Waals surface area (Å²) in [5.41, 5.74) is -0.207. The minimum atomic E-state index is -0.717. The number of benzene rings is 1. The maximum atomic E-state index is 14.3. The van der Waals surface area contributed by atoms with E-state index in [1.54, 1.807) is 24.3 Å². The van der Waals surface area contributed by atoms with Crippen LogP contribution in [0, 0.1) is 5.82 Å². The van der Waals surface area contributed by atoms with Crippen LogP contribution in [0.3, 0.4) is 0 Å². The first-order valence-corrected chi connectivity index (χ1v) is 8.10. The van der Waals surface area contributed by atoms with Crippen LogP contribution in [0.2, 0.25) is 0 Å². The monoisotopic (exact) mass is 333 g/mol. The summed E-state index contributed by atoms with van der Waals surface area (Å²) in [6, 6.07) is 6.54. The van der Waals surface area contributed by atoms with Crippen LogP contribution in [0.4, 0.5) is 4.39 Å². The van der Waals surface area contributed by atoms with Gasteiger partial charge in [0.05, 0.1) is 12.1 Å². The molecule has 1 aromatic rings. The van der Waals surface area contributed by atoms with Crippen LogP contribution in [0.25, 0.3) is 0 Å². The van der Waals surface area contributed by atoms with Crippen molar-refractivity contribution in [2.75, 3.05) is 26.2 Å². The molecule has 0 bridgehead atoms. The van der Waals surface area contributed by atoms with E-state index in [1.807, 2.05) is 4.90 Å². The molecule has 0 atom stereocenters. The van der Waals surface area contributed by atoms with Crippen molar-refractivity contribution in [1.82, 2.24) is 15.5 Å². The molecule has 130 valence electrons. The van der Waals surface area contributed by atoms with Gasteiger partial charge in [-0.3, -0.25) is 14.5 Å². The van der Waals surface area contributed by atoms with Gasteiger partial charge in [0.2, 0.25) is 11.8 Å². The fourth-order valence-electron chi connectivity index (χ4n) is 3.19. The molecule has 0 radical (unpaired) electrons. The predicted octanol–water partition coefficient (Wildman–Crippen LogP) is 1.56. The van der Waals surface area contributed by atoms with Gasteiger partial charge in [0.1, 0.15) is 5.82 Å². The van der Waals surface area contributed by atoms with Gasteiger partial charge in [0, 0.05) is 32.1 Å². The van der Waals surface area contributed by atoms with Gasteiger partial charge < -0.3 is 10.6 Å². The maximum absolute atomic E-state index is 14.3. The van der Waals surface area contributed by atoms with Gasteiger partial charge in [0.15, 0.2) is 0 Å². The van der Waals surface area contributed by atoms with E-state index in [-0.39, 0.29) is 17.6 Å². The van der Waals surface area contributed by atoms with Crippen molar-refractivity contribution in [3.05, 3.63) is 48.3 Å². The molecule has 0 aromatic heterocycles. The van der Waals surface area contributed by atoms with Crippen molar-refractivity contribution in [2.24, 2.45) is 0 Å². The van der Waals surface area contributed by atoms with Gasteiger partial charge in [-0.05, 0) is 18.9 Å². The fraction of sp³-hybridized carbons (Fsp3) is 0.444. The second-order valence-electron chi connectivity index (χ2n) is 6.11. The Balaban J connectivity index is 2.08. The van der Waals surface area contributed by atoms with Crippen molar-refractivity contribution >= 4 is 11.8 Å². The van der Waals surface area contributed by atoms with Crippen molar-refractivity contribution in [1.29, 1.82) is 0 Å². The van der Waals surface area contributed by atoms with E-state index in [0.29, 0.717) is 44.6 Å². The number of halogens is 1. The Bertz CT molecular complexity index is 610. The van der Waals surface area contributed by atoms with E-state index >= 15 is 0 Å². The van der Waals surface area contributed by atoms with Crippen molar-refractivity contribution < 1.29 is 14.0 Å². The maximum Gasteiger partial charge on any atom is 0.234 e. The lowest BCUT2D eigenvalue weighted by atomic mass is 9.80. The number of carbonyl (C=O) groups excluding carboxylic acids is 2. The molecule has 1 saturated heterocycles. The van der Waals surface area contributed by atoms with Crippen LogP contribution < -0.4 is 10.6 Å². The number of piperidine rings is 1. The first kappa shape index (κ1) is 18.1. The van der Waals surface area contributed by atoms with Crippen LogP contribution in [0.15, 0.2) is 36.9 Å². The number of hydrogen-bond acceptors (Lipinski definition) is 3. The van der Waals surface area contributed by atoms with E-state index in [0.717, 1.165) is 0 Å². The summed E-state index contributed by atoms with van der Waals surface area (Å²) in [5.74, 6) is -0.563. The molecule has 1 aliphatic rings. The smallest absolute Gasteiger partial charge is 0.234 e. The molecule has 0 spiro atoms. The molecule has 2 rings (SSSR count). The Labute approximate surface area is 141 Å². The van der Waals surface area contributed by atoms with Crippen LogP contribution in [0.1, 0.15) is 25.3 Å².